The van der Waals surface area contributed by atoms with Crippen LogP contribution in [0, 0.1) is 0 Å². The maximum atomic E-state index is 12.0. The molecular formula is C20H40F3NO3S. The first-order valence-corrected chi connectivity index (χ1v) is 11.2. The summed E-state index contributed by atoms with van der Waals surface area (Å²) in [6, 6.07) is 0. The lowest BCUT2D eigenvalue weighted by molar-refractivity contribution is -0.142. The van der Waals surface area contributed by atoms with Gasteiger partial charge in [-0.2, -0.15) is 13.2 Å². The molecule has 0 aliphatic heterocycles. The minimum absolute atomic E-state index is 0.125. The summed E-state index contributed by atoms with van der Waals surface area (Å²) in [5.74, 6) is -1.31. The fourth-order valence-electron chi connectivity index (χ4n) is 1.76. The minimum atomic E-state index is -4.31. The van der Waals surface area contributed by atoms with E-state index in [1.54, 1.807) is 13.8 Å². The second kappa shape index (κ2) is 19.6. The molecule has 0 atom stereocenters. The van der Waals surface area contributed by atoms with E-state index < -0.39 is 22.6 Å². The number of carbonyl (C=O) groups is 2. The number of halogens is 3. The van der Waals surface area contributed by atoms with Crippen molar-refractivity contribution >= 4 is 22.8 Å². The van der Waals surface area contributed by atoms with Crippen molar-refractivity contribution in [1.82, 2.24) is 5.32 Å². The Morgan fingerprint density at radius 3 is 2.04 bits per heavy atom. The third-order valence-electron chi connectivity index (χ3n) is 3.25. The van der Waals surface area contributed by atoms with Gasteiger partial charge in [0, 0.05) is 19.6 Å². The Balaban J connectivity index is -0.00000146. The highest BCUT2D eigenvalue weighted by atomic mass is 32.2. The molecule has 0 heterocycles. The van der Waals surface area contributed by atoms with Crippen LogP contribution in [0.4, 0.5) is 13.2 Å². The molecule has 8 heteroatoms. The highest BCUT2D eigenvalue weighted by Crippen LogP contribution is 2.22. The van der Waals surface area contributed by atoms with E-state index in [0.717, 1.165) is 12.8 Å². The number of hydrogen-bond donors (Lipinski definition) is 1. The van der Waals surface area contributed by atoms with Crippen LogP contribution in [0.15, 0.2) is 0 Å². The molecule has 0 saturated carbocycles. The largest absolute Gasteiger partial charge is 0.398 e. The molecule has 28 heavy (non-hydrogen) atoms. The van der Waals surface area contributed by atoms with Gasteiger partial charge >= 0.3 is 6.18 Å². The molecule has 0 aromatic rings. The van der Waals surface area contributed by atoms with Gasteiger partial charge in [-0.3, -0.25) is 9.59 Å². The number of alkyl halides is 3. The van der Waals surface area contributed by atoms with E-state index in [1.165, 1.54) is 0 Å². The van der Waals surface area contributed by atoms with Crippen LogP contribution >= 0.6 is 11.8 Å². The summed E-state index contributed by atoms with van der Waals surface area (Å²) < 4.78 is 41.4. The first-order chi connectivity index (χ1) is 13.1. The van der Waals surface area contributed by atoms with E-state index in [1.807, 2.05) is 34.6 Å². The van der Waals surface area contributed by atoms with Gasteiger partial charge in [0.05, 0.1) is 5.75 Å². The Kier molecular flexibility index (Phi) is 22.3. The second-order valence-electron chi connectivity index (χ2n) is 6.05. The molecule has 0 aromatic carbocycles. The molecule has 0 radical (unpaired) electrons. The Hall–Kier alpha value is -0.760. The number of carbonyl (C=O) groups excluding carboxylic acids is 2. The van der Waals surface area contributed by atoms with Crippen LogP contribution in [-0.2, 0) is 14.3 Å². The van der Waals surface area contributed by atoms with Gasteiger partial charge in [-0.15, -0.1) is 0 Å². The van der Waals surface area contributed by atoms with Crippen LogP contribution in [0.3, 0.4) is 0 Å². The van der Waals surface area contributed by atoms with Crippen molar-refractivity contribution in [2.75, 3.05) is 18.9 Å². The van der Waals surface area contributed by atoms with Crippen LogP contribution in [-0.4, -0.2) is 41.7 Å². The number of unbranched alkanes of at least 4 members (excludes halogenated alkanes) is 3. The van der Waals surface area contributed by atoms with Crippen LogP contribution in [0.5, 0.6) is 0 Å². The van der Waals surface area contributed by atoms with Gasteiger partial charge in [-0.25, -0.2) is 0 Å². The molecule has 1 amide bonds. The van der Waals surface area contributed by atoms with Gasteiger partial charge in [0.2, 0.25) is 0 Å². The van der Waals surface area contributed by atoms with Gasteiger partial charge in [-0.05, 0) is 33.1 Å². The maximum Gasteiger partial charge on any atom is 0.398 e. The Morgan fingerprint density at radius 2 is 1.54 bits per heavy atom. The molecule has 0 spiro atoms. The summed E-state index contributed by atoms with van der Waals surface area (Å²) in [6.07, 6.45) is -0.411. The molecule has 0 bridgehead atoms. The molecule has 0 aliphatic rings. The summed E-state index contributed by atoms with van der Waals surface area (Å²) in [5.41, 5.74) is -0.876. The van der Waals surface area contributed by atoms with Crippen molar-refractivity contribution in [2.24, 2.45) is 0 Å². The van der Waals surface area contributed by atoms with E-state index in [-0.39, 0.29) is 12.3 Å². The Bertz CT molecular complexity index is 389. The van der Waals surface area contributed by atoms with Crippen molar-refractivity contribution in [3.05, 3.63) is 0 Å². The van der Waals surface area contributed by atoms with Crippen molar-refractivity contribution < 1.29 is 27.5 Å². The van der Waals surface area contributed by atoms with Crippen LogP contribution in [0.25, 0.3) is 0 Å². The monoisotopic (exact) mass is 431 g/mol. The fourth-order valence-corrected chi connectivity index (χ4v) is 2.37. The zero-order valence-electron chi connectivity index (χ0n) is 18.6. The molecule has 0 aromatic heterocycles. The quantitative estimate of drug-likeness (QED) is 0.378. The predicted octanol–water partition coefficient (Wildman–Crippen LogP) is 6.13. The van der Waals surface area contributed by atoms with Crippen molar-refractivity contribution in [3.63, 3.8) is 0 Å². The lowest BCUT2D eigenvalue weighted by Crippen LogP contribution is -2.44. The topological polar surface area (TPSA) is 55.4 Å². The van der Waals surface area contributed by atoms with Gasteiger partial charge in [0.1, 0.15) is 5.60 Å². The molecule has 0 fully saturated rings. The maximum absolute atomic E-state index is 12.0. The SMILES string of the molecule is CC.CC.CCCCOC(C)(C)C(=O)NCCCCCC(=O)SCC(F)(F)F. The number of thioether (sulfide) groups is 1. The van der Waals surface area contributed by atoms with Gasteiger partial charge in [-0.1, -0.05) is 59.2 Å². The normalized spacial score (nSPS) is 10.9. The molecule has 0 saturated heterocycles. The molecule has 4 nitrogen and oxygen atoms in total. The van der Waals surface area contributed by atoms with E-state index in [2.05, 4.69) is 5.32 Å². The summed E-state index contributed by atoms with van der Waals surface area (Å²) in [6.45, 7) is 14.5. The highest BCUT2D eigenvalue weighted by molar-refractivity contribution is 8.13. The van der Waals surface area contributed by atoms with Crippen molar-refractivity contribution in [1.29, 1.82) is 0 Å². The predicted molar refractivity (Wildman–Crippen MR) is 113 cm³/mol. The molecule has 170 valence electrons. The summed E-state index contributed by atoms with van der Waals surface area (Å²) in [5, 5.41) is 2.34. The third kappa shape index (κ3) is 21.5. The summed E-state index contributed by atoms with van der Waals surface area (Å²) in [7, 11) is 0. The first-order valence-electron chi connectivity index (χ1n) is 10.2. The first kappa shape index (κ1) is 31.9. The molecule has 0 aliphatic carbocycles. The number of ether oxygens (including phenoxy) is 1. The number of rotatable bonds is 12. The smallest absolute Gasteiger partial charge is 0.366 e. The van der Waals surface area contributed by atoms with Crippen molar-refractivity contribution in [2.45, 2.75) is 98.8 Å². The average Bonchev–Trinajstić information content (AvgIpc) is 2.65. The minimum Gasteiger partial charge on any atom is -0.366 e. The van der Waals surface area contributed by atoms with Crippen molar-refractivity contribution in [3.8, 4) is 0 Å². The van der Waals surface area contributed by atoms with Gasteiger partial charge < -0.3 is 10.1 Å². The van der Waals surface area contributed by atoms with E-state index >= 15 is 0 Å². The third-order valence-corrected chi connectivity index (χ3v) is 4.25. The lowest BCUT2D eigenvalue weighted by atomic mass is 10.1. The van der Waals surface area contributed by atoms with Crippen LogP contribution in [0.1, 0.15) is 87.0 Å². The number of nitrogens with one attached hydrogen (secondary N) is 1. The van der Waals surface area contributed by atoms with Gasteiger partial charge in [0.25, 0.3) is 5.91 Å². The summed E-state index contributed by atoms with van der Waals surface area (Å²) in [4.78, 5) is 23.2. The molecule has 0 rings (SSSR count). The zero-order chi connectivity index (χ0) is 22.6. The van der Waals surface area contributed by atoms with Crippen LogP contribution < -0.4 is 5.32 Å². The molecule has 1 N–H and O–H groups in total. The van der Waals surface area contributed by atoms with E-state index in [0.29, 0.717) is 44.2 Å². The Morgan fingerprint density at radius 1 is 0.964 bits per heavy atom. The fraction of sp³-hybridized carbons (Fsp3) is 0.900. The summed E-state index contributed by atoms with van der Waals surface area (Å²) >= 11 is 0.315. The standard InChI is InChI=1S/C16H28F3NO3S.2C2H6/c1-4-5-11-23-15(2,3)14(22)20-10-8-6-7-9-13(21)24-12-16(17,18)19;2*1-2/h4-12H2,1-3H3,(H,20,22);2*1-2H3. The molecular weight excluding hydrogens is 391 g/mol. The number of hydrogen-bond acceptors (Lipinski definition) is 4. The zero-order valence-corrected chi connectivity index (χ0v) is 19.4. The highest BCUT2D eigenvalue weighted by Gasteiger charge is 2.29. The average molecular weight is 432 g/mol. The Labute approximate surface area is 173 Å². The lowest BCUT2D eigenvalue weighted by Gasteiger charge is -2.24. The number of amides is 1. The van der Waals surface area contributed by atoms with Crippen LogP contribution in [0.2, 0.25) is 0 Å². The second-order valence-corrected chi connectivity index (χ2v) is 7.09. The van der Waals surface area contributed by atoms with Gasteiger partial charge in [0.15, 0.2) is 5.12 Å². The van der Waals surface area contributed by atoms with E-state index in [9.17, 15) is 22.8 Å². The van der Waals surface area contributed by atoms with E-state index in [4.69, 9.17) is 4.74 Å². The molecule has 0 unspecified atom stereocenters.